The predicted octanol–water partition coefficient (Wildman–Crippen LogP) is 3.06. The third kappa shape index (κ3) is 4.82. The first-order valence-electron chi connectivity index (χ1n) is 8.40. The van der Waals surface area contributed by atoms with Crippen LogP contribution in [0.15, 0.2) is 60.7 Å². The van der Waals surface area contributed by atoms with Gasteiger partial charge < -0.3 is 15.9 Å². The molecular weight excluding hydrogens is 344 g/mol. The molecule has 0 aliphatic rings. The number of hydrogen-bond donors (Lipinski definition) is 3. The third-order valence-corrected chi connectivity index (χ3v) is 4.30. The Morgan fingerprint density at radius 1 is 0.889 bits per heavy atom. The molecule has 0 bridgehead atoms. The van der Waals surface area contributed by atoms with E-state index in [0.29, 0.717) is 0 Å². The predicted molar refractivity (Wildman–Crippen MR) is 102 cm³/mol. The van der Waals surface area contributed by atoms with Crippen molar-refractivity contribution in [3.05, 3.63) is 71.8 Å². The fourth-order valence-electron chi connectivity index (χ4n) is 2.60. The molecular formula is C21H20N2O4. The van der Waals surface area contributed by atoms with Crippen LogP contribution in [0.4, 0.5) is 0 Å². The molecule has 0 saturated carbocycles. The zero-order chi connectivity index (χ0) is 20.0. The zero-order valence-corrected chi connectivity index (χ0v) is 14.8. The summed E-state index contributed by atoms with van der Waals surface area (Å²) >= 11 is 0. The van der Waals surface area contributed by atoms with Crippen LogP contribution in [0.1, 0.15) is 22.8 Å². The molecule has 2 aromatic carbocycles. The van der Waals surface area contributed by atoms with Crippen molar-refractivity contribution in [2.75, 3.05) is 0 Å². The van der Waals surface area contributed by atoms with Crippen molar-refractivity contribution in [3.63, 3.8) is 0 Å². The molecule has 27 heavy (non-hydrogen) atoms. The Bertz CT molecular complexity index is 876. The lowest BCUT2D eigenvalue weighted by molar-refractivity contribution is -0.139. The van der Waals surface area contributed by atoms with Crippen LogP contribution >= 0.6 is 0 Å². The number of hydrogen-bond acceptors (Lipinski definition) is 5. The molecule has 0 saturated heterocycles. The van der Waals surface area contributed by atoms with E-state index < -0.39 is 40.8 Å². The van der Waals surface area contributed by atoms with Gasteiger partial charge in [-0.2, -0.15) is 0 Å². The third-order valence-electron chi connectivity index (χ3n) is 4.30. The molecule has 0 aromatic heterocycles. The van der Waals surface area contributed by atoms with Crippen molar-refractivity contribution < 1.29 is 19.5 Å². The van der Waals surface area contributed by atoms with Crippen LogP contribution in [0.2, 0.25) is 0 Å². The fraction of sp³-hybridized carbons (Fsp3) is 0.190. The SMILES string of the molecule is CC(C(=N)C(=O)C(Cc1ccccc1)C(=N)C(=O)c1ccccc1)C(=O)O. The smallest absolute Gasteiger partial charge is 0.312 e. The Morgan fingerprint density at radius 2 is 1.41 bits per heavy atom. The fourth-order valence-corrected chi connectivity index (χ4v) is 2.60. The molecule has 0 aliphatic heterocycles. The van der Waals surface area contributed by atoms with Gasteiger partial charge in [0.1, 0.15) is 0 Å². The molecule has 2 atom stereocenters. The number of carbonyl (C=O) groups is 3. The van der Waals surface area contributed by atoms with Gasteiger partial charge in [-0.1, -0.05) is 60.7 Å². The minimum absolute atomic E-state index is 0.0474. The number of carboxylic acid groups (broad SMARTS) is 1. The summed E-state index contributed by atoms with van der Waals surface area (Å²) in [6.07, 6.45) is 0.0474. The van der Waals surface area contributed by atoms with Crippen molar-refractivity contribution in [1.82, 2.24) is 0 Å². The van der Waals surface area contributed by atoms with Gasteiger partial charge in [0.15, 0.2) is 5.78 Å². The second kappa shape index (κ2) is 8.80. The molecule has 0 amide bonds. The van der Waals surface area contributed by atoms with E-state index in [0.717, 1.165) is 5.56 Å². The molecule has 2 rings (SSSR count). The second-order valence-electron chi connectivity index (χ2n) is 6.19. The summed E-state index contributed by atoms with van der Waals surface area (Å²) in [6.45, 7) is 1.24. The molecule has 2 aromatic rings. The summed E-state index contributed by atoms with van der Waals surface area (Å²) in [5.41, 5.74) is -0.0742. The molecule has 0 spiro atoms. The van der Waals surface area contributed by atoms with E-state index in [2.05, 4.69) is 0 Å². The van der Waals surface area contributed by atoms with E-state index in [1.807, 2.05) is 0 Å². The average molecular weight is 364 g/mol. The number of carboxylic acids is 1. The monoisotopic (exact) mass is 364 g/mol. The molecule has 138 valence electrons. The number of nitrogens with one attached hydrogen (secondary N) is 2. The van der Waals surface area contributed by atoms with Gasteiger partial charge >= 0.3 is 5.97 Å². The lowest BCUT2D eigenvalue weighted by Crippen LogP contribution is -2.39. The quantitative estimate of drug-likeness (QED) is 0.468. The van der Waals surface area contributed by atoms with Crippen molar-refractivity contribution >= 4 is 29.0 Å². The van der Waals surface area contributed by atoms with E-state index in [-0.39, 0.29) is 12.0 Å². The molecule has 6 nitrogen and oxygen atoms in total. The van der Waals surface area contributed by atoms with Crippen molar-refractivity contribution in [3.8, 4) is 0 Å². The Kier molecular flexibility index (Phi) is 6.49. The van der Waals surface area contributed by atoms with Crippen molar-refractivity contribution in [2.45, 2.75) is 13.3 Å². The lowest BCUT2D eigenvalue weighted by Gasteiger charge is -2.18. The van der Waals surface area contributed by atoms with Gasteiger partial charge in [0, 0.05) is 5.56 Å². The van der Waals surface area contributed by atoms with Crippen LogP contribution < -0.4 is 0 Å². The van der Waals surface area contributed by atoms with Crippen LogP contribution in [0.3, 0.4) is 0 Å². The van der Waals surface area contributed by atoms with Crippen LogP contribution in [-0.2, 0) is 16.0 Å². The number of rotatable bonds is 9. The van der Waals surface area contributed by atoms with Gasteiger partial charge in [-0.25, -0.2) is 0 Å². The maximum absolute atomic E-state index is 12.8. The van der Waals surface area contributed by atoms with E-state index in [1.54, 1.807) is 60.7 Å². The molecule has 0 heterocycles. The lowest BCUT2D eigenvalue weighted by atomic mass is 9.83. The normalized spacial score (nSPS) is 12.6. The maximum Gasteiger partial charge on any atom is 0.312 e. The zero-order valence-electron chi connectivity index (χ0n) is 14.8. The number of benzene rings is 2. The Labute approximate surface area is 156 Å². The Balaban J connectivity index is 2.35. The maximum atomic E-state index is 12.8. The van der Waals surface area contributed by atoms with Crippen LogP contribution in [0.5, 0.6) is 0 Å². The summed E-state index contributed by atoms with van der Waals surface area (Å²) in [5.74, 6) is -5.25. The van der Waals surface area contributed by atoms with Crippen LogP contribution in [0, 0.1) is 22.7 Å². The number of ketones is 2. The highest BCUT2D eigenvalue weighted by atomic mass is 16.4. The minimum atomic E-state index is -1.31. The Hall–Kier alpha value is -3.41. The van der Waals surface area contributed by atoms with E-state index >= 15 is 0 Å². The highest BCUT2D eigenvalue weighted by Crippen LogP contribution is 2.17. The number of aliphatic carboxylic acids is 1. The van der Waals surface area contributed by atoms with Crippen molar-refractivity contribution in [1.29, 1.82) is 10.8 Å². The molecule has 3 N–H and O–H groups in total. The first kappa shape index (κ1) is 19.9. The molecule has 2 unspecified atom stereocenters. The first-order chi connectivity index (χ1) is 12.8. The molecule has 0 aliphatic carbocycles. The Morgan fingerprint density at radius 3 is 1.93 bits per heavy atom. The van der Waals surface area contributed by atoms with E-state index in [9.17, 15) is 14.4 Å². The summed E-state index contributed by atoms with van der Waals surface area (Å²) in [5, 5.41) is 25.3. The summed E-state index contributed by atoms with van der Waals surface area (Å²) in [4.78, 5) is 36.6. The van der Waals surface area contributed by atoms with Crippen molar-refractivity contribution in [2.24, 2.45) is 11.8 Å². The van der Waals surface area contributed by atoms with E-state index in [4.69, 9.17) is 15.9 Å². The van der Waals surface area contributed by atoms with Crippen LogP contribution in [-0.4, -0.2) is 34.1 Å². The van der Waals surface area contributed by atoms with Gasteiger partial charge in [-0.05, 0) is 18.9 Å². The van der Waals surface area contributed by atoms with Crippen LogP contribution in [0.25, 0.3) is 0 Å². The largest absolute Gasteiger partial charge is 0.481 e. The van der Waals surface area contributed by atoms with Gasteiger partial charge in [-0.3, -0.25) is 14.4 Å². The molecule has 6 heteroatoms. The number of carbonyl (C=O) groups excluding carboxylic acids is 2. The van der Waals surface area contributed by atoms with Gasteiger partial charge in [0.05, 0.1) is 23.3 Å². The molecule has 0 fully saturated rings. The standard InChI is InChI=1S/C21H20N2O4/c1-13(21(26)27)17(22)20(25)16(12-14-8-4-2-5-9-14)18(23)19(24)15-10-6-3-7-11-15/h2-11,13,16,22-23H,12H2,1H3,(H,26,27). The summed E-state index contributed by atoms with van der Waals surface area (Å²) < 4.78 is 0. The summed E-state index contributed by atoms with van der Waals surface area (Å²) in [7, 11) is 0. The minimum Gasteiger partial charge on any atom is -0.481 e. The average Bonchev–Trinajstić information content (AvgIpc) is 2.70. The van der Waals surface area contributed by atoms with Gasteiger partial charge in [0.2, 0.25) is 5.78 Å². The molecule has 0 radical (unpaired) electrons. The topological polar surface area (TPSA) is 119 Å². The number of Topliss-reactive ketones (excluding diaryl/α,β-unsaturated/α-hetero) is 2. The van der Waals surface area contributed by atoms with Gasteiger partial charge in [0.25, 0.3) is 0 Å². The highest BCUT2D eigenvalue weighted by molar-refractivity contribution is 6.55. The summed E-state index contributed by atoms with van der Waals surface area (Å²) in [6, 6.07) is 17.0. The second-order valence-corrected chi connectivity index (χ2v) is 6.19. The van der Waals surface area contributed by atoms with Gasteiger partial charge in [-0.15, -0.1) is 0 Å². The highest BCUT2D eigenvalue weighted by Gasteiger charge is 2.34. The van der Waals surface area contributed by atoms with E-state index in [1.165, 1.54) is 6.92 Å². The first-order valence-corrected chi connectivity index (χ1v) is 8.40.